The molecule has 2 N–H and O–H groups in total. The van der Waals surface area contributed by atoms with Gasteiger partial charge in [0.15, 0.2) is 4.98 Å². The van der Waals surface area contributed by atoms with Gasteiger partial charge in [0.1, 0.15) is 12.2 Å². The van der Waals surface area contributed by atoms with Crippen LogP contribution in [0.4, 0.5) is 4.79 Å². The Labute approximate surface area is 192 Å². The van der Waals surface area contributed by atoms with Crippen LogP contribution in [0.5, 0.6) is 0 Å². The first-order valence-electron chi connectivity index (χ1n) is 10.8. The molecule has 1 aliphatic rings. The zero-order chi connectivity index (χ0) is 24.0. The largest absolute Gasteiger partial charge is 0.504 e. The highest BCUT2D eigenvalue weighted by molar-refractivity contribution is 5.79. The molecule has 0 saturated carbocycles. The number of benzene rings is 2. The van der Waals surface area contributed by atoms with Crippen LogP contribution in [0.3, 0.4) is 0 Å². The molecule has 2 aromatic carbocycles. The summed E-state index contributed by atoms with van der Waals surface area (Å²) in [5.41, 5.74) is 3.74. The molecule has 0 spiro atoms. The Kier molecular flexibility index (Phi) is 7.34. The van der Waals surface area contributed by atoms with E-state index in [4.69, 9.17) is 14.9 Å². The highest BCUT2D eigenvalue weighted by atomic mass is 16.6. The van der Waals surface area contributed by atoms with Crippen molar-refractivity contribution in [2.75, 3.05) is 6.61 Å². The Morgan fingerprint density at radius 2 is 1.70 bits per heavy atom. The van der Waals surface area contributed by atoms with Gasteiger partial charge in [0, 0.05) is 12.3 Å². The van der Waals surface area contributed by atoms with Crippen molar-refractivity contribution in [2.24, 2.45) is 0 Å². The fourth-order valence-corrected chi connectivity index (χ4v) is 3.88. The van der Waals surface area contributed by atoms with Crippen molar-refractivity contribution in [3.05, 3.63) is 76.6 Å². The predicted octanol–water partition coefficient (Wildman–Crippen LogP) is 5.27. The van der Waals surface area contributed by atoms with Crippen molar-refractivity contribution < 1.29 is 24.2 Å². The number of nitrogens with one attached hydrogen (secondary N) is 1. The van der Waals surface area contributed by atoms with Crippen LogP contribution in [0.15, 0.2) is 60.5 Å². The second-order valence-corrected chi connectivity index (χ2v) is 8.82. The van der Waals surface area contributed by atoms with Crippen LogP contribution in [0.1, 0.15) is 50.7 Å². The van der Waals surface area contributed by atoms with E-state index < -0.39 is 29.5 Å². The van der Waals surface area contributed by atoms with Crippen LogP contribution in [0.2, 0.25) is 0 Å². The number of rotatable bonds is 7. The third kappa shape index (κ3) is 6.10. The Bertz CT molecular complexity index is 1050. The third-order valence-electron chi connectivity index (χ3n) is 5.24. The van der Waals surface area contributed by atoms with Crippen LogP contribution >= 0.6 is 0 Å². The molecular formula is C25H28N3O5+. The van der Waals surface area contributed by atoms with Gasteiger partial charge in [0.25, 0.3) is 0 Å². The van der Waals surface area contributed by atoms with E-state index in [-0.39, 0.29) is 25.4 Å². The number of ether oxygens (including phenoxy) is 2. The van der Waals surface area contributed by atoms with Gasteiger partial charge in [-0.25, -0.2) is 4.79 Å². The molecular weight excluding hydrogens is 422 g/mol. The maximum atomic E-state index is 12.5. The molecule has 0 bridgehead atoms. The van der Waals surface area contributed by atoms with Gasteiger partial charge < -0.3 is 19.9 Å². The lowest BCUT2D eigenvalue weighted by atomic mass is 9.98. The van der Waals surface area contributed by atoms with Crippen molar-refractivity contribution in [1.29, 1.82) is 5.39 Å². The molecule has 0 fully saturated rings. The normalized spacial score (nSPS) is 13.9. The SMILES string of the molecule is CC(C)(C)OC(=O)CC[C@H](NC(=O)OCC1c2ccccc2-c2ccccc21)/C(O)=C/[N+]#N. The second kappa shape index (κ2) is 10.2. The summed E-state index contributed by atoms with van der Waals surface area (Å²) in [5.74, 6) is -0.995. The first-order chi connectivity index (χ1) is 15.7. The molecule has 1 atom stereocenters. The Morgan fingerprint density at radius 1 is 1.12 bits per heavy atom. The number of alkyl carbamates (subject to hydrolysis) is 1. The highest BCUT2D eigenvalue weighted by Crippen LogP contribution is 2.44. The standard InChI is InChI=1S/C25H27N3O5/c1-25(2,3)33-23(30)13-12-21(22(29)14-27-26)28-24(31)32-15-20-18-10-6-4-8-16(18)17-9-5-7-11-19(17)20/h4-11,14,20-21H,12-13,15H2,1-3H3,(H-,28,29,31)/p+1/b22-14-/t21-/m0/s1. The summed E-state index contributed by atoms with van der Waals surface area (Å²) in [6.45, 7) is 5.35. The van der Waals surface area contributed by atoms with Crippen molar-refractivity contribution >= 4 is 12.1 Å². The first-order valence-corrected chi connectivity index (χ1v) is 10.8. The number of nitrogens with zero attached hydrogens (tertiary/aromatic N) is 2. The molecule has 0 aromatic heterocycles. The zero-order valence-electron chi connectivity index (χ0n) is 18.9. The summed E-state index contributed by atoms with van der Waals surface area (Å²) >= 11 is 0. The number of aliphatic hydroxyl groups is 1. The molecule has 0 aliphatic heterocycles. The van der Waals surface area contributed by atoms with Crippen LogP contribution in [-0.4, -0.2) is 35.4 Å². The minimum atomic E-state index is -0.982. The number of hydrogen-bond donors (Lipinski definition) is 2. The third-order valence-corrected chi connectivity index (χ3v) is 5.24. The molecule has 0 unspecified atom stereocenters. The predicted molar refractivity (Wildman–Crippen MR) is 123 cm³/mol. The van der Waals surface area contributed by atoms with E-state index in [9.17, 15) is 14.7 Å². The molecule has 8 nitrogen and oxygen atoms in total. The minimum absolute atomic E-state index is 0.0387. The number of hydrogen-bond acceptors (Lipinski definition) is 6. The number of fused-ring (bicyclic) bond motifs is 3. The molecule has 2 aromatic rings. The number of carbonyl (C=O) groups is 2. The van der Waals surface area contributed by atoms with Gasteiger partial charge in [0.2, 0.25) is 11.2 Å². The fourth-order valence-electron chi connectivity index (χ4n) is 3.88. The molecule has 1 amide bonds. The van der Waals surface area contributed by atoms with Crippen LogP contribution in [-0.2, 0) is 14.3 Å². The highest BCUT2D eigenvalue weighted by Gasteiger charge is 2.30. The van der Waals surface area contributed by atoms with Gasteiger partial charge in [-0.2, -0.15) is 0 Å². The number of amides is 1. The molecule has 1 aliphatic carbocycles. The fraction of sp³-hybridized carbons (Fsp3) is 0.360. The number of diazo groups is 1. The first kappa shape index (κ1) is 23.8. The topological polar surface area (TPSA) is 113 Å². The van der Waals surface area contributed by atoms with Crippen LogP contribution in [0, 0.1) is 5.39 Å². The zero-order valence-corrected chi connectivity index (χ0v) is 18.9. The van der Waals surface area contributed by atoms with E-state index >= 15 is 0 Å². The van der Waals surface area contributed by atoms with Gasteiger partial charge in [-0.05, 0) is 49.4 Å². The Balaban J connectivity index is 1.64. The van der Waals surface area contributed by atoms with Crippen LogP contribution < -0.4 is 5.32 Å². The van der Waals surface area contributed by atoms with Crippen LogP contribution in [0.25, 0.3) is 16.1 Å². The summed E-state index contributed by atoms with van der Waals surface area (Å²) in [6, 6.07) is 15.0. The van der Waals surface area contributed by atoms with E-state index in [1.54, 1.807) is 20.8 Å². The van der Waals surface area contributed by atoms with E-state index in [1.165, 1.54) is 0 Å². The van der Waals surface area contributed by atoms with Gasteiger partial charge in [-0.3, -0.25) is 4.79 Å². The van der Waals surface area contributed by atoms with Gasteiger partial charge in [-0.1, -0.05) is 48.5 Å². The summed E-state index contributed by atoms with van der Waals surface area (Å²) < 4.78 is 10.7. The molecule has 0 heterocycles. The van der Waals surface area contributed by atoms with Crippen molar-refractivity contribution in [1.82, 2.24) is 5.32 Å². The summed E-state index contributed by atoms with van der Waals surface area (Å²) in [7, 11) is 0. The summed E-state index contributed by atoms with van der Waals surface area (Å²) in [5, 5.41) is 21.4. The smallest absolute Gasteiger partial charge is 0.407 e. The van der Waals surface area contributed by atoms with E-state index in [1.807, 2.05) is 48.5 Å². The minimum Gasteiger partial charge on any atom is -0.504 e. The Hall–Kier alpha value is -3.86. The van der Waals surface area contributed by atoms with Gasteiger partial charge in [-0.15, -0.1) is 0 Å². The van der Waals surface area contributed by atoms with E-state index in [2.05, 4.69) is 10.3 Å². The lowest BCUT2D eigenvalue weighted by Gasteiger charge is -2.21. The monoisotopic (exact) mass is 450 g/mol. The lowest BCUT2D eigenvalue weighted by Crippen LogP contribution is -2.38. The average molecular weight is 451 g/mol. The maximum Gasteiger partial charge on any atom is 0.407 e. The number of carbonyl (C=O) groups excluding carboxylic acids is 2. The summed E-state index contributed by atoms with van der Waals surface area (Å²) in [6.07, 6.45) is 0.0130. The van der Waals surface area contributed by atoms with Crippen molar-refractivity contribution in [3.63, 3.8) is 0 Å². The lowest BCUT2D eigenvalue weighted by molar-refractivity contribution is -0.155. The molecule has 0 radical (unpaired) electrons. The number of aliphatic hydroxyl groups excluding tert-OH is 1. The average Bonchev–Trinajstić information content (AvgIpc) is 3.08. The van der Waals surface area contributed by atoms with Gasteiger partial charge >= 0.3 is 18.3 Å². The molecule has 172 valence electrons. The van der Waals surface area contributed by atoms with Crippen molar-refractivity contribution in [3.8, 4) is 11.1 Å². The van der Waals surface area contributed by atoms with Crippen molar-refractivity contribution in [2.45, 2.75) is 51.2 Å². The molecule has 8 heteroatoms. The quantitative estimate of drug-likeness (QED) is 0.338. The molecule has 0 saturated heterocycles. The van der Waals surface area contributed by atoms with Gasteiger partial charge in [0.05, 0.1) is 6.04 Å². The molecule has 33 heavy (non-hydrogen) atoms. The second-order valence-electron chi connectivity index (χ2n) is 8.82. The molecule has 3 rings (SSSR count). The maximum absolute atomic E-state index is 12.5. The van der Waals surface area contributed by atoms with E-state index in [0.29, 0.717) is 0 Å². The Morgan fingerprint density at radius 3 is 2.24 bits per heavy atom. The number of esters is 1. The summed E-state index contributed by atoms with van der Waals surface area (Å²) in [4.78, 5) is 27.3. The van der Waals surface area contributed by atoms with E-state index in [0.717, 1.165) is 28.5 Å².